The summed E-state index contributed by atoms with van der Waals surface area (Å²) >= 11 is 0. The van der Waals surface area contributed by atoms with Gasteiger partial charge in [-0.15, -0.1) is 0 Å². The van der Waals surface area contributed by atoms with Gasteiger partial charge in [0.1, 0.15) is 0 Å². The van der Waals surface area contributed by atoms with Gasteiger partial charge in [0.25, 0.3) is 5.91 Å². The number of benzene rings is 2. The lowest BCUT2D eigenvalue weighted by atomic mass is 10.0. The van der Waals surface area contributed by atoms with Crippen molar-refractivity contribution in [2.24, 2.45) is 0 Å². The molecule has 6 heteroatoms. The highest BCUT2D eigenvalue weighted by Gasteiger charge is 2.23. The van der Waals surface area contributed by atoms with E-state index >= 15 is 0 Å². The Labute approximate surface area is 133 Å². The minimum Gasteiger partial charge on any atom is -0.330 e. The molecule has 0 aliphatic carbocycles. The molecule has 1 aliphatic rings. The average Bonchev–Trinajstić information content (AvgIpc) is 3.15. The standard InChI is InChI=1S/C17H14N5O/c23-17(22-10-4-8-12-5-1-2-9-15(12)22)14-7-3-6-13(11-14)16-18-20-21-19-16/h1-3,5-7,9,11H,4,8,10H2/q-1. The van der Waals surface area contributed by atoms with E-state index in [1.807, 2.05) is 41.3 Å². The summed E-state index contributed by atoms with van der Waals surface area (Å²) in [4.78, 5) is 14.8. The number of carbonyl (C=O) groups excluding carboxylic acids is 1. The molecule has 6 nitrogen and oxygen atoms in total. The van der Waals surface area contributed by atoms with Gasteiger partial charge in [0.2, 0.25) is 0 Å². The van der Waals surface area contributed by atoms with Crippen molar-refractivity contribution in [3.63, 3.8) is 0 Å². The van der Waals surface area contributed by atoms with E-state index in [1.54, 1.807) is 6.07 Å². The molecule has 1 aromatic heterocycles. The number of anilines is 1. The van der Waals surface area contributed by atoms with E-state index in [1.165, 1.54) is 5.56 Å². The van der Waals surface area contributed by atoms with E-state index in [4.69, 9.17) is 0 Å². The zero-order valence-corrected chi connectivity index (χ0v) is 12.4. The first-order valence-electron chi connectivity index (χ1n) is 7.52. The van der Waals surface area contributed by atoms with E-state index in [-0.39, 0.29) is 5.91 Å². The summed E-state index contributed by atoms with van der Waals surface area (Å²) in [7, 11) is 0. The zero-order valence-electron chi connectivity index (χ0n) is 12.4. The monoisotopic (exact) mass is 304 g/mol. The van der Waals surface area contributed by atoms with Crippen LogP contribution in [0.1, 0.15) is 22.3 Å². The number of carbonyl (C=O) groups is 1. The van der Waals surface area contributed by atoms with E-state index < -0.39 is 0 Å². The first-order chi connectivity index (χ1) is 11.3. The molecular weight excluding hydrogens is 290 g/mol. The van der Waals surface area contributed by atoms with E-state index in [0.717, 1.165) is 30.6 Å². The van der Waals surface area contributed by atoms with Gasteiger partial charge in [0.05, 0.1) is 0 Å². The highest BCUT2D eigenvalue weighted by atomic mass is 16.2. The summed E-state index contributed by atoms with van der Waals surface area (Å²) in [6, 6.07) is 15.3. The van der Waals surface area contributed by atoms with Gasteiger partial charge < -0.3 is 10.00 Å². The average molecular weight is 304 g/mol. The number of aromatic nitrogens is 4. The Balaban J connectivity index is 1.69. The van der Waals surface area contributed by atoms with Crippen LogP contribution in [-0.4, -0.2) is 28.0 Å². The highest BCUT2D eigenvalue weighted by Crippen LogP contribution is 2.28. The zero-order chi connectivity index (χ0) is 15.6. The normalized spacial score (nSPS) is 13.7. The molecule has 2 aromatic carbocycles. The fourth-order valence-electron chi connectivity index (χ4n) is 2.95. The molecular formula is C17H14N5O-. The second-order valence-electron chi connectivity index (χ2n) is 5.47. The molecule has 0 N–H and O–H groups in total. The number of nitrogens with zero attached hydrogens (tertiary/aromatic N) is 5. The first kappa shape index (κ1) is 13.6. The van der Waals surface area contributed by atoms with Gasteiger partial charge >= 0.3 is 0 Å². The summed E-state index contributed by atoms with van der Waals surface area (Å²) in [6.45, 7) is 0.732. The second kappa shape index (κ2) is 5.64. The third kappa shape index (κ3) is 2.48. The molecule has 0 atom stereocenters. The smallest absolute Gasteiger partial charge is 0.258 e. The van der Waals surface area contributed by atoms with Gasteiger partial charge in [-0.2, -0.15) is 5.21 Å². The summed E-state index contributed by atoms with van der Waals surface area (Å²) in [5.74, 6) is 0.421. The number of para-hydroxylation sites is 1. The molecule has 2 heterocycles. The molecule has 0 fully saturated rings. The number of fused-ring (bicyclic) bond motifs is 1. The molecule has 23 heavy (non-hydrogen) atoms. The van der Waals surface area contributed by atoms with Gasteiger partial charge in [0.15, 0.2) is 0 Å². The van der Waals surface area contributed by atoms with Crippen LogP contribution in [0.4, 0.5) is 5.69 Å². The van der Waals surface area contributed by atoms with Crippen molar-refractivity contribution in [2.45, 2.75) is 12.8 Å². The molecule has 0 saturated heterocycles. The molecule has 0 saturated carbocycles. The van der Waals surface area contributed by atoms with E-state index in [0.29, 0.717) is 11.4 Å². The van der Waals surface area contributed by atoms with Crippen molar-refractivity contribution in [1.29, 1.82) is 0 Å². The Kier molecular flexibility index (Phi) is 3.34. The maximum atomic E-state index is 12.9. The van der Waals surface area contributed by atoms with Crippen LogP contribution in [0.25, 0.3) is 11.4 Å². The SMILES string of the molecule is O=C(c1cccc(-c2nnn[n-]2)c1)N1CCCc2ccccc21. The van der Waals surface area contributed by atoms with Gasteiger partial charge in [-0.25, -0.2) is 0 Å². The molecule has 1 amide bonds. The Morgan fingerprint density at radius 2 is 2.04 bits per heavy atom. The number of rotatable bonds is 2. The van der Waals surface area contributed by atoms with Crippen LogP contribution in [0, 0.1) is 0 Å². The third-order valence-electron chi connectivity index (χ3n) is 4.04. The second-order valence-corrected chi connectivity index (χ2v) is 5.47. The number of aryl methyl sites for hydroxylation is 1. The quantitative estimate of drug-likeness (QED) is 0.725. The van der Waals surface area contributed by atoms with Gasteiger partial charge in [-0.1, -0.05) is 30.3 Å². The Hall–Kier alpha value is -3.02. The van der Waals surface area contributed by atoms with Crippen molar-refractivity contribution < 1.29 is 4.79 Å². The van der Waals surface area contributed by atoms with Crippen LogP contribution < -0.4 is 10.00 Å². The summed E-state index contributed by atoms with van der Waals surface area (Å²) in [5, 5.41) is 14.6. The van der Waals surface area contributed by atoms with Crippen LogP contribution in [0.3, 0.4) is 0 Å². The molecule has 0 bridgehead atoms. The highest BCUT2D eigenvalue weighted by molar-refractivity contribution is 6.07. The topological polar surface area (TPSA) is 73.1 Å². The molecule has 0 unspecified atom stereocenters. The van der Waals surface area contributed by atoms with Gasteiger partial charge in [0, 0.05) is 23.6 Å². The predicted molar refractivity (Wildman–Crippen MR) is 85.0 cm³/mol. The van der Waals surface area contributed by atoms with Crippen LogP contribution in [0.2, 0.25) is 0 Å². The lowest BCUT2D eigenvalue weighted by Gasteiger charge is -2.29. The molecule has 0 spiro atoms. The maximum Gasteiger partial charge on any atom is 0.258 e. The van der Waals surface area contributed by atoms with Crippen LogP contribution in [-0.2, 0) is 6.42 Å². The molecule has 3 aromatic rings. The largest absolute Gasteiger partial charge is 0.330 e. The fraction of sp³-hybridized carbons (Fsp3) is 0.176. The van der Waals surface area contributed by atoms with Crippen LogP contribution in [0.15, 0.2) is 48.5 Å². The first-order valence-corrected chi connectivity index (χ1v) is 7.52. The van der Waals surface area contributed by atoms with Gasteiger partial charge in [-0.3, -0.25) is 15.1 Å². The molecule has 0 radical (unpaired) electrons. The molecule has 4 rings (SSSR count). The molecule has 114 valence electrons. The number of tetrazole rings is 1. The third-order valence-corrected chi connectivity index (χ3v) is 4.04. The van der Waals surface area contributed by atoms with Crippen molar-refractivity contribution in [3.05, 3.63) is 59.7 Å². The lowest BCUT2D eigenvalue weighted by molar-refractivity contribution is 0.0985. The number of amides is 1. The predicted octanol–water partition coefficient (Wildman–Crippen LogP) is 2.09. The molecule has 1 aliphatic heterocycles. The summed E-state index contributed by atoms with van der Waals surface area (Å²) in [6.07, 6.45) is 1.99. The Bertz CT molecular complexity index is 844. The number of hydrogen-bond acceptors (Lipinski definition) is 4. The minimum absolute atomic E-state index is 0.00789. The minimum atomic E-state index is -0.00789. The maximum absolute atomic E-state index is 12.9. The Morgan fingerprint density at radius 3 is 2.91 bits per heavy atom. The van der Waals surface area contributed by atoms with E-state index in [9.17, 15) is 4.79 Å². The van der Waals surface area contributed by atoms with Crippen molar-refractivity contribution in [2.75, 3.05) is 11.4 Å². The van der Waals surface area contributed by atoms with Gasteiger partial charge in [-0.05, 0) is 42.2 Å². The van der Waals surface area contributed by atoms with Crippen LogP contribution >= 0.6 is 0 Å². The summed E-state index contributed by atoms with van der Waals surface area (Å²) < 4.78 is 0. The summed E-state index contributed by atoms with van der Waals surface area (Å²) in [5.41, 5.74) is 3.58. The number of hydrogen-bond donors (Lipinski definition) is 0. The van der Waals surface area contributed by atoms with Crippen molar-refractivity contribution in [3.8, 4) is 11.4 Å². The van der Waals surface area contributed by atoms with E-state index in [2.05, 4.69) is 26.7 Å². The fourth-order valence-corrected chi connectivity index (χ4v) is 2.95. The lowest BCUT2D eigenvalue weighted by Crippen LogP contribution is -2.35. The van der Waals surface area contributed by atoms with Crippen molar-refractivity contribution in [1.82, 2.24) is 20.6 Å². The Morgan fingerprint density at radius 1 is 1.13 bits per heavy atom. The van der Waals surface area contributed by atoms with Crippen LogP contribution in [0.5, 0.6) is 0 Å². The van der Waals surface area contributed by atoms with Crippen molar-refractivity contribution >= 4 is 11.6 Å².